The summed E-state index contributed by atoms with van der Waals surface area (Å²) in [6.07, 6.45) is 0.939. The van der Waals surface area contributed by atoms with E-state index in [-0.39, 0.29) is 5.91 Å². The molecule has 0 saturated carbocycles. The number of rotatable bonds is 5. The smallest absolute Gasteiger partial charge is 0.272 e. The highest BCUT2D eigenvalue weighted by Gasteiger charge is 2.24. The van der Waals surface area contributed by atoms with Gasteiger partial charge < -0.3 is 14.8 Å². The zero-order chi connectivity index (χ0) is 14.7. The summed E-state index contributed by atoms with van der Waals surface area (Å²) < 4.78 is 12.5. The van der Waals surface area contributed by atoms with Crippen LogP contribution in [-0.4, -0.2) is 66.6 Å². The molecule has 0 aliphatic carbocycles. The molecule has 116 valence electrons. The number of nitrogens with one attached hydrogen (secondary N) is 1. The molecule has 0 radical (unpaired) electrons. The topological polar surface area (TPSA) is 68.6 Å². The van der Waals surface area contributed by atoms with Gasteiger partial charge in [0.25, 0.3) is 5.91 Å². The lowest BCUT2D eigenvalue weighted by molar-refractivity contribution is 0.0374. The summed E-state index contributed by atoms with van der Waals surface area (Å²) >= 11 is 0. The number of amides is 1. The average Bonchev–Trinajstić information content (AvgIpc) is 3.08. The van der Waals surface area contributed by atoms with Crippen LogP contribution in [0.4, 0.5) is 0 Å². The van der Waals surface area contributed by atoms with Crippen LogP contribution in [0.3, 0.4) is 0 Å². The number of morpholine rings is 1. The van der Waals surface area contributed by atoms with Gasteiger partial charge in [-0.1, -0.05) is 0 Å². The van der Waals surface area contributed by atoms with Gasteiger partial charge in [-0.15, -0.1) is 0 Å². The van der Waals surface area contributed by atoms with Gasteiger partial charge in [0.2, 0.25) is 5.88 Å². The van der Waals surface area contributed by atoms with Crippen LogP contribution in [0.2, 0.25) is 0 Å². The predicted octanol–water partition coefficient (Wildman–Crippen LogP) is 0.0360. The quantitative estimate of drug-likeness (QED) is 0.776. The third kappa shape index (κ3) is 3.19. The Bertz CT molecular complexity index is 509. The molecule has 1 N–H and O–H groups in total. The van der Waals surface area contributed by atoms with Crippen molar-refractivity contribution < 1.29 is 14.3 Å². The first-order valence-corrected chi connectivity index (χ1v) is 7.54. The molecule has 7 nitrogen and oxygen atoms in total. The summed E-state index contributed by atoms with van der Waals surface area (Å²) in [6, 6.07) is 0. The second-order valence-electron chi connectivity index (χ2n) is 5.41. The number of hydrogen-bond acceptors (Lipinski definition) is 5. The number of carbonyl (C=O) groups excluding carboxylic acids is 1. The van der Waals surface area contributed by atoms with Crippen molar-refractivity contribution in [3.8, 4) is 5.88 Å². The maximum atomic E-state index is 12.1. The van der Waals surface area contributed by atoms with E-state index in [9.17, 15) is 4.79 Å². The molecule has 1 saturated heterocycles. The molecule has 3 rings (SSSR count). The third-order valence-electron chi connectivity index (χ3n) is 3.93. The van der Waals surface area contributed by atoms with Gasteiger partial charge in [-0.3, -0.25) is 9.69 Å². The standard InChI is InChI=1S/C14H22N4O3/c1-11-12(16-18-7-10-21-14(11)18)13(19)15-3-2-4-17-5-8-20-9-6-17/h2-10H2,1H3,(H,15,19). The molecule has 3 heterocycles. The first-order valence-electron chi connectivity index (χ1n) is 7.54. The Morgan fingerprint density at radius 3 is 2.86 bits per heavy atom. The van der Waals surface area contributed by atoms with Crippen molar-refractivity contribution in [2.24, 2.45) is 0 Å². The van der Waals surface area contributed by atoms with Crippen LogP contribution in [0.1, 0.15) is 22.5 Å². The van der Waals surface area contributed by atoms with E-state index in [4.69, 9.17) is 9.47 Å². The van der Waals surface area contributed by atoms with Crippen molar-refractivity contribution in [1.82, 2.24) is 20.0 Å². The van der Waals surface area contributed by atoms with E-state index in [1.165, 1.54) is 0 Å². The lowest BCUT2D eigenvalue weighted by atomic mass is 10.2. The molecular weight excluding hydrogens is 272 g/mol. The highest BCUT2D eigenvalue weighted by atomic mass is 16.5. The van der Waals surface area contributed by atoms with Gasteiger partial charge in [-0.25, -0.2) is 4.68 Å². The monoisotopic (exact) mass is 294 g/mol. The molecule has 1 aromatic heterocycles. The number of hydrogen-bond donors (Lipinski definition) is 1. The van der Waals surface area contributed by atoms with E-state index in [0.717, 1.165) is 57.3 Å². The molecule has 0 atom stereocenters. The minimum absolute atomic E-state index is 0.111. The summed E-state index contributed by atoms with van der Waals surface area (Å²) in [6.45, 7) is 8.50. The van der Waals surface area contributed by atoms with E-state index < -0.39 is 0 Å². The summed E-state index contributed by atoms with van der Waals surface area (Å²) in [5.41, 5.74) is 1.31. The lowest BCUT2D eigenvalue weighted by Crippen LogP contribution is -2.38. The Morgan fingerprint density at radius 1 is 1.29 bits per heavy atom. The van der Waals surface area contributed by atoms with Crippen molar-refractivity contribution >= 4 is 5.91 Å². The van der Waals surface area contributed by atoms with Gasteiger partial charge in [0, 0.05) is 25.2 Å². The van der Waals surface area contributed by atoms with Gasteiger partial charge >= 0.3 is 0 Å². The lowest BCUT2D eigenvalue weighted by Gasteiger charge is -2.26. The van der Waals surface area contributed by atoms with E-state index in [1.54, 1.807) is 4.68 Å². The normalized spacial score (nSPS) is 18.3. The number of fused-ring (bicyclic) bond motifs is 1. The van der Waals surface area contributed by atoms with Crippen molar-refractivity contribution in [2.45, 2.75) is 19.9 Å². The Balaban J connectivity index is 1.44. The predicted molar refractivity (Wildman–Crippen MR) is 76.7 cm³/mol. The number of ether oxygens (including phenoxy) is 2. The first kappa shape index (κ1) is 14.3. The number of carbonyl (C=O) groups is 1. The minimum Gasteiger partial charge on any atom is -0.476 e. The molecular formula is C14H22N4O3. The number of aromatic nitrogens is 2. The Hall–Kier alpha value is -1.60. The van der Waals surface area contributed by atoms with Gasteiger partial charge in [0.1, 0.15) is 6.61 Å². The van der Waals surface area contributed by atoms with Crippen molar-refractivity contribution in [3.05, 3.63) is 11.3 Å². The van der Waals surface area contributed by atoms with Gasteiger partial charge in [-0.2, -0.15) is 5.10 Å². The molecule has 7 heteroatoms. The van der Waals surface area contributed by atoms with Crippen LogP contribution in [0.25, 0.3) is 0 Å². The highest BCUT2D eigenvalue weighted by molar-refractivity contribution is 5.94. The van der Waals surface area contributed by atoms with E-state index >= 15 is 0 Å². The fourth-order valence-electron chi connectivity index (χ4n) is 2.73. The Kier molecular flexibility index (Phi) is 4.40. The molecule has 1 amide bonds. The third-order valence-corrected chi connectivity index (χ3v) is 3.93. The van der Waals surface area contributed by atoms with Crippen LogP contribution < -0.4 is 10.1 Å². The maximum absolute atomic E-state index is 12.1. The Labute approximate surface area is 124 Å². The summed E-state index contributed by atoms with van der Waals surface area (Å²) in [7, 11) is 0. The van der Waals surface area contributed by atoms with Crippen LogP contribution in [0.5, 0.6) is 5.88 Å². The fourth-order valence-corrected chi connectivity index (χ4v) is 2.73. The maximum Gasteiger partial charge on any atom is 0.272 e. The summed E-state index contributed by atoms with van der Waals surface area (Å²) in [5, 5.41) is 7.25. The van der Waals surface area contributed by atoms with E-state index in [2.05, 4.69) is 15.3 Å². The molecule has 21 heavy (non-hydrogen) atoms. The molecule has 0 unspecified atom stereocenters. The molecule has 0 bridgehead atoms. The van der Waals surface area contributed by atoms with Crippen molar-refractivity contribution in [2.75, 3.05) is 46.0 Å². The average molecular weight is 294 g/mol. The number of nitrogens with zero attached hydrogens (tertiary/aromatic N) is 3. The van der Waals surface area contributed by atoms with E-state index in [1.807, 2.05) is 6.92 Å². The van der Waals surface area contributed by atoms with Gasteiger partial charge in [0.05, 0.1) is 19.8 Å². The summed E-state index contributed by atoms with van der Waals surface area (Å²) in [4.78, 5) is 14.5. The van der Waals surface area contributed by atoms with E-state index in [0.29, 0.717) is 18.8 Å². The molecule has 0 aromatic carbocycles. The highest BCUT2D eigenvalue weighted by Crippen LogP contribution is 2.25. The fraction of sp³-hybridized carbons (Fsp3) is 0.714. The zero-order valence-electron chi connectivity index (χ0n) is 12.4. The Morgan fingerprint density at radius 2 is 2.10 bits per heavy atom. The summed E-state index contributed by atoms with van der Waals surface area (Å²) in [5.74, 6) is 0.619. The molecule has 0 spiro atoms. The van der Waals surface area contributed by atoms with Crippen LogP contribution >= 0.6 is 0 Å². The van der Waals surface area contributed by atoms with Crippen molar-refractivity contribution in [3.63, 3.8) is 0 Å². The van der Waals surface area contributed by atoms with Crippen LogP contribution in [0.15, 0.2) is 0 Å². The first-order chi connectivity index (χ1) is 10.3. The second kappa shape index (κ2) is 6.44. The molecule has 1 fully saturated rings. The molecule has 1 aromatic rings. The SMILES string of the molecule is Cc1c(C(=O)NCCCN2CCOCC2)nn2c1OCC2. The largest absolute Gasteiger partial charge is 0.476 e. The minimum atomic E-state index is -0.111. The van der Waals surface area contributed by atoms with Crippen molar-refractivity contribution in [1.29, 1.82) is 0 Å². The van der Waals surface area contributed by atoms with Crippen LogP contribution in [-0.2, 0) is 11.3 Å². The molecule has 2 aliphatic rings. The second-order valence-corrected chi connectivity index (χ2v) is 5.41. The zero-order valence-corrected chi connectivity index (χ0v) is 12.4. The molecule has 2 aliphatic heterocycles. The van der Waals surface area contributed by atoms with Gasteiger partial charge in [-0.05, 0) is 19.9 Å². The van der Waals surface area contributed by atoms with Crippen LogP contribution in [0, 0.1) is 6.92 Å². The van der Waals surface area contributed by atoms with Gasteiger partial charge in [0.15, 0.2) is 5.69 Å².